The third-order valence-corrected chi connectivity index (χ3v) is 3.64. The molecule has 158 valence electrons. The number of carboxylic acid groups (broad SMARTS) is 2. The van der Waals surface area contributed by atoms with E-state index in [4.69, 9.17) is 21.7 Å². The lowest BCUT2D eigenvalue weighted by molar-refractivity contribution is -0.139. The zero-order chi connectivity index (χ0) is 21.9. The van der Waals surface area contributed by atoms with E-state index in [9.17, 15) is 28.8 Å². The number of carbonyl (C=O) groups is 6. The number of nitrogens with two attached hydrogens (primary N) is 2. The molecule has 0 aromatic rings. The third-order valence-electron chi connectivity index (χ3n) is 3.27. The Morgan fingerprint density at radius 1 is 0.893 bits per heavy atom. The molecule has 0 fully saturated rings. The smallest absolute Gasteiger partial charge is 0.322 e. The number of thiol groups is 1. The molecule has 0 heterocycles. The molecule has 3 unspecified atom stereocenters. The fourth-order valence-corrected chi connectivity index (χ4v) is 2.12. The topological polar surface area (TPSA) is 231 Å². The Morgan fingerprint density at radius 3 is 1.93 bits per heavy atom. The maximum atomic E-state index is 12.3. The number of hydrogen-bond donors (Lipinski definition) is 8. The predicted molar refractivity (Wildman–Crippen MR) is 97.0 cm³/mol. The number of carboxylic acids is 2. The molecule has 14 heteroatoms. The van der Waals surface area contributed by atoms with Gasteiger partial charge in [-0.15, -0.1) is 0 Å². The molecule has 0 aromatic heterocycles. The monoisotopic (exact) mass is 421 g/mol. The van der Waals surface area contributed by atoms with Gasteiger partial charge in [0.25, 0.3) is 0 Å². The van der Waals surface area contributed by atoms with Gasteiger partial charge >= 0.3 is 11.9 Å². The Balaban J connectivity index is 5.03. The van der Waals surface area contributed by atoms with Crippen molar-refractivity contribution in [1.82, 2.24) is 16.0 Å². The first-order chi connectivity index (χ1) is 13.0. The molecule has 4 amide bonds. The van der Waals surface area contributed by atoms with E-state index >= 15 is 0 Å². The zero-order valence-corrected chi connectivity index (χ0v) is 15.6. The Labute approximate surface area is 165 Å². The summed E-state index contributed by atoms with van der Waals surface area (Å²) in [4.78, 5) is 68.2. The molecule has 0 spiro atoms. The fourth-order valence-electron chi connectivity index (χ4n) is 1.87. The lowest BCUT2D eigenvalue weighted by Crippen LogP contribution is -2.57. The quantitative estimate of drug-likeness (QED) is 0.136. The van der Waals surface area contributed by atoms with Crippen LogP contribution in [0.3, 0.4) is 0 Å². The first-order valence-corrected chi connectivity index (χ1v) is 8.57. The molecule has 0 bridgehead atoms. The van der Waals surface area contributed by atoms with E-state index in [0.29, 0.717) is 0 Å². The average molecular weight is 421 g/mol. The average Bonchev–Trinajstić information content (AvgIpc) is 2.59. The Hall–Kier alpha value is -2.87. The molecule has 0 aliphatic rings. The van der Waals surface area contributed by atoms with E-state index < -0.39 is 66.7 Å². The molecular formula is C14H23N5O8S. The highest BCUT2D eigenvalue weighted by Gasteiger charge is 2.28. The van der Waals surface area contributed by atoms with Crippen molar-refractivity contribution in [3.05, 3.63) is 0 Å². The standard InChI is InChI=1S/C14H23N5O8S/c15-6(3-10(21)22)12(25)19-8(5-28)14(27)18-7(1-2-9(16)20)13(26)17-4-11(23)24/h6-8,28H,1-5,15H2,(H2,16,20)(H,17,26)(H,18,27)(H,19,25)(H,21,22)(H,23,24). The molecule has 9 N–H and O–H groups in total. The molecule has 3 atom stereocenters. The van der Waals surface area contributed by atoms with Crippen molar-refractivity contribution in [2.24, 2.45) is 11.5 Å². The van der Waals surface area contributed by atoms with Crippen LogP contribution in [0.1, 0.15) is 19.3 Å². The van der Waals surface area contributed by atoms with Crippen LogP contribution < -0.4 is 27.4 Å². The van der Waals surface area contributed by atoms with Gasteiger partial charge in [-0.2, -0.15) is 12.6 Å². The normalized spacial score (nSPS) is 13.5. The Kier molecular flexibility index (Phi) is 11.2. The minimum absolute atomic E-state index is 0.210. The number of aliphatic carboxylic acids is 2. The van der Waals surface area contributed by atoms with Gasteiger partial charge in [0.2, 0.25) is 23.6 Å². The van der Waals surface area contributed by atoms with Gasteiger partial charge in [-0.3, -0.25) is 28.8 Å². The lowest BCUT2D eigenvalue weighted by Gasteiger charge is -2.22. The second kappa shape index (κ2) is 12.5. The highest BCUT2D eigenvalue weighted by atomic mass is 32.1. The second-order valence-electron chi connectivity index (χ2n) is 5.63. The summed E-state index contributed by atoms with van der Waals surface area (Å²) in [5, 5.41) is 23.7. The van der Waals surface area contributed by atoms with Crippen LogP contribution in [-0.2, 0) is 28.8 Å². The van der Waals surface area contributed by atoms with Crippen LogP contribution in [0.15, 0.2) is 0 Å². The van der Waals surface area contributed by atoms with Crippen LogP contribution in [0.2, 0.25) is 0 Å². The Morgan fingerprint density at radius 2 is 1.46 bits per heavy atom. The second-order valence-corrected chi connectivity index (χ2v) is 5.99. The number of primary amides is 1. The molecule has 0 aliphatic carbocycles. The van der Waals surface area contributed by atoms with E-state index in [0.717, 1.165) is 0 Å². The maximum absolute atomic E-state index is 12.3. The number of amides is 4. The van der Waals surface area contributed by atoms with E-state index in [1.54, 1.807) is 0 Å². The van der Waals surface area contributed by atoms with Crippen molar-refractivity contribution in [2.45, 2.75) is 37.4 Å². The maximum Gasteiger partial charge on any atom is 0.322 e. The molecule has 0 saturated heterocycles. The van der Waals surface area contributed by atoms with Crippen molar-refractivity contribution in [1.29, 1.82) is 0 Å². The Bertz CT molecular complexity index is 629. The molecule has 0 rings (SSSR count). The molecule has 0 radical (unpaired) electrons. The molecule has 0 aromatic carbocycles. The largest absolute Gasteiger partial charge is 0.481 e. The minimum atomic E-state index is -1.41. The van der Waals surface area contributed by atoms with Crippen LogP contribution in [0, 0.1) is 0 Å². The molecule has 28 heavy (non-hydrogen) atoms. The molecular weight excluding hydrogens is 398 g/mol. The van der Waals surface area contributed by atoms with Crippen LogP contribution >= 0.6 is 12.6 Å². The summed E-state index contributed by atoms with van der Waals surface area (Å²) in [6, 6.07) is -3.97. The van der Waals surface area contributed by atoms with E-state index in [2.05, 4.69) is 28.6 Å². The van der Waals surface area contributed by atoms with Crippen LogP contribution in [0.5, 0.6) is 0 Å². The van der Waals surface area contributed by atoms with Gasteiger partial charge in [-0.1, -0.05) is 0 Å². The van der Waals surface area contributed by atoms with Gasteiger partial charge in [0.1, 0.15) is 18.6 Å². The molecule has 0 saturated carbocycles. The van der Waals surface area contributed by atoms with Gasteiger partial charge < -0.3 is 37.6 Å². The minimum Gasteiger partial charge on any atom is -0.481 e. The van der Waals surface area contributed by atoms with Gasteiger partial charge in [-0.25, -0.2) is 0 Å². The van der Waals surface area contributed by atoms with Gasteiger partial charge in [0.05, 0.1) is 12.5 Å². The molecule has 13 nitrogen and oxygen atoms in total. The van der Waals surface area contributed by atoms with Crippen LogP contribution in [-0.4, -0.2) is 76.2 Å². The first-order valence-electron chi connectivity index (χ1n) is 7.94. The van der Waals surface area contributed by atoms with Crippen molar-refractivity contribution in [3.63, 3.8) is 0 Å². The van der Waals surface area contributed by atoms with Gasteiger partial charge in [0, 0.05) is 12.2 Å². The van der Waals surface area contributed by atoms with E-state index in [1.165, 1.54) is 0 Å². The highest BCUT2D eigenvalue weighted by molar-refractivity contribution is 7.80. The zero-order valence-electron chi connectivity index (χ0n) is 14.7. The van der Waals surface area contributed by atoms with E-state index in [-0.39, 0.29) is 18.6 Å². The summed E-state index contributed by atoms with van der Waals surface area (Å²) in [5.74, 6) is -6.24. The van der Waals surface area contributed by atoms with Crippen molar-refractivity contribution < 1.29 is 39.0 Å². The first kappa shape index (κ1) is 25.1. The fraction of sp³-hybridized carbons (Fsp3) is 0.571. The van der Waals surface area contributed by atoms with Crippen LogP contribution in [0.25, 0.3) is 0 Å². The lowest BCUT2D eigenvalue weighted by atomic mass is 10.1. The number of carbonyl (C=O) groups excluding carboxylic acids is 4. The van der Waals surface area contributed by atoms with Crippen molar-refractivity contribution in [2.75, 3.05) is 12.3 Å². The summed E-state index contributed by atoms with van der Waals surface area (Å²) in [6.45, 7) is -0.710. The summed E-state index contributed by atoms with van der Waals surface area (Å²) in [5.41, 5.74) is 10.4. The predicted octanol–water partition coefficient (Wildman–Crippen LogP) is -3.85. The van der Waals surface area contributed by atoms with Gasteiger partial charge in [0.15, 0.2) is 0 Å². The number of hydrogen-bond acceptors (Lipinski definition) is 8. The van der Waals surface area contributed by atoms with Crippen molar-refractivity contribution >= 4 is 48.2 Å². The number of nitrogens with one attached hydrogen (secondary N) is 3. The summed E-state index contributed by atoms with van der Waals surface area (Å²) in [6.07, 6.45) is -1.14. The van der Waals surface area contributed by atoms with Gasteiger partial charge in [-0.05, 0) is 6.42 Å². The summed E-state index contributed by atoms with van der Waals surface area (Å²) < 4.78 is 0. The highest BCUT2D eigenvalue weighted by Crippen LogP contribution is 2.01. The summed E-state index contributed by atoms with van der Waals surface area (Å²) >= 11 is 3.91. The van der Waals surface area contributed by atoms with Crippen molar-refractivity contribution in [3.8, 4) is 0 Å². The van der Waals surface area contributed by atoms with E-state index in [1.807, 2.05) is 0 Å². The van der Waals surface area contributed by atoms with Crippen LogP contribution in [0.4, 0.5) is 0 Å². The SMILES string of the molecule is NC(=O)CCC(NC(=O)C(CS)NC(=O)C(N)CC(=O)O)C(=O)NCC(=O)O. The summed E-state index contributed by atoms with van der Waals surface area (Å²) in [7, 11) is 0. The molecule has 0 aliphatic heterocycles. The third kappa shape index (κ3) is 10.3. The number of rotatable bonds is 13.